The summed E-state index contributed by atoms with van der Waals surface area (Å²) < 4.78 is 16.9. The second-order valence-corrected chi connectivity index (χ2v) is 5.13. The summed E-state index contributed by atoms with van der Waals surface area (Å²) in [5.41, 5.74) is 1.85. The molecule has 1 saturated heterocycles. The average molecular weight is 280 g/mol. The van der Waals surface area contributed by atoms with Gasteiger partial charge in [-0.05, 0) is 44.4 Å². The topological polar surface area (TPSA) is 47.9 Å². The first kappa shape index (κ1) is 15.3. The molecular formula is C16H24O4. The molecule has 0 bridgehead atoms. The third kappa shape index (κ3) is 4.20. The summed E-state index contributed by atoms with van der Waals surface area (Å²) in [4.78, 5) is 0. The van der Waals surface area contributed by atoms with Crippen molar-refractivity contribution in [1.82, 2.24) is 0 Å². The number of ether oxygens (including phenoxy) is 3. The molecule has 2 atom stereocenters. The molecule has 20 heavy (non-hydrogen) atoms. The molecule has 0 radical (unpaired) electrons. The minimum Gasteiger partial charge on any atom is -0.494 e. The number of hydrogen-bond acceptors (Lipinski definition) is 4. The van der Waals surface area contributed by atoms with Crippen LogP contribution in [-0.2, 0) is 16.1 Å². The van der Waals surface area contributed by atoms with Crippen molar-refractivity contribution in [1.29, 1.82) is 0 Å². The molecule has 2 unspecified atom stereocenters. The van der Waals surface area contributed by atoms with Gasteiger partial charge in [0.15, 0.2) is 0 Å². The van der Waals surface area contributed by atoms with Crippen LogP contribution in [0.15, 0.2) is 18.2 Å². The van der Waals surface area contributed by atoms with Crippen LogP contribution in [0, 0.1) is 0 Å². The highest BCUT2D eigenvalue weighted by Crippen LogP contribution is 2.25. The SMILES string of the molecule is CCOc1ccc(C(C)O)cc1COCC1CCCO1. The quantitative estimate of drug-likeness (QED) is 0.834. The number of benzene rings is 1. The third-order valence-corrected chi connectivity index (χ3v) is 3.45. The molecule has 4 nitrogen and oxygen atoms in total. The van der Waals surface area contributed by atoms with Crippen molar-refractivity contribution in [2.75, 3.05) is 19.8 Å². The van der Waals surface area contributed by atoms with Crippen molar-refractivity contribution < 1.29 is 19.3 Å². The van der Waals surface area contributed by atoms with Crippen LogP contribution in [0.2, 0.25) is 0 Å². The van der Waals surface area contributed by atoms with Gasteiger partial charge in [-0.3, -0.25) is 0 Å². The van der Waals surface area contributed by atoms with E-state index < -0.39 is 6.10 Å². The Morgan fingerprint density at radius 1 is 1.45 bits per heavy atom. The third-order valence-electron chi connectivity index (χ3n) is 3.45. The highest BCUT2D eigenvalue weighted by molar-refractivity contribution is 5.37. The molecule has 0 aliphatic carbocycles. The van der Waals surface area contributed by atoms with Gasteiger partial charge < -0.3 is 19.3 Å². The van der Waals surface area contributed by atoms with Crippen molar-refractivity contribution >= 4 is 0 Å². The van der Waals surface area contributed by atoms with E-state index in [-0.39, 0.29) is 6.10 Å². The van der Waals surface area contributed by atoms with Gasteiger partial charge in [0.25, 0.3) is 0 Å². The maximum absolute atomic E-state index is 9.67. The van der Waals surface area contributed by atoms with Crippen LogP contribution in [-0.4, -0.2) is 31.0 Å². The molecule has 1 fully saturated rings. The maximum Gasteiger partial charge on any atom is 0.124 e. The summed E-state index contributed by atoms with van der Waals surface area (Å²) in [6.45, 7) is 6.27. The number of aliphatic hydroxyl groups excluding tert-OH is 1. The Kier molecular flexibility index (Phi) is 5.83. The summed E-state index contributed by atoms with van der Waals surface area (Å²) in [6, 6.07) is 5.74. The lowest BCUT2D eigenvalue weighted by molar-refractivity contribution is 0.00994. The average Bonchev–Trinajstić information content (AvgIpc) is 2.93. The van der Waals surface area contributed by atoms with Gasteiger partial charge in [0.1, 0.15) is 5.75 Å². The first-order chi connectivity index (χ1) is 9.70. The van der Waals surface area contributed by atoms with E-state index in [1.807, 2.05) is 25.1 Å². The molecule has 2 rings (SSSR count). The van der Waals surface area contributed by atoms with Crippen LogP contribution in [0.1, 0.15) is 43.9 Å². The lowest BCUT2D eigenvalue weighted by Gasteiger charge is -2.15. The predicted molar refractivity (Wildman–Crippen MR) is 76.9 cm³/mol. The molecule has 1 heterocycles. The van der Waals surface area contributed by atoms with Crippen LogP contribution in [0.25, 0.3) is 0 Å². The van der Waals surface area contributed by atoms with Crippen LogP contribution in [0.3, 0.4) is 0 Å². The van der Waals surface area contributed by atoms with Crippen molar-refractivity contribution in [2.24, 2.45) is 0 Å². The van der Waals surface area contributed by atoms with Crippen LogP contribution >= 0.6 is 0 Å². The van der Waals surface area contributed by atoms with Gasteiger partial charge in [-0.2, -0.15) is 0 Å². The fourth-order valence-corrected chi connectivity index (χ4v) is 2.34. The molecule has 1 aliphatic heterocycles. The Balaban J connectivity index is 1.96. The molecule has 0 amide bonds. The molecule has 1 aliphatic rings. The van der Waals surface area contributed by atoms with Gasteiger partial charge in [-0.15, -0.1) is 0 Å². The van der Waals surface area contributed by atoms with Gasteiger partial charge in [-0.1, -0.05) is 6.07 Å². The lowest BCUT2D eigenvalue weighted by Crippen LogP contribution is -2.14. The summed E-state index contributed by atoms with van der Waals surface area (Å²) in [7, 11) is 0. The second-order valence-electron chi connectivity index (χ2n) is 5.13. The van der Waals surface area contributed by atoms with Gasteiger partial charge in [0.05, 0.1) is 32.0 Å². The van der Waals surface area contributed by atoms with E-state index >= 15 is 0 Å². The van der Waals surface area contributed by atoms with E-state index in [1.165, 1.54) is 0 Å². The van der Waals surface area contributed by atoms with Gasteiger partial charge in [0, 0.05) is 12.2 Å². The van der Waals surface area contributed by atoms with Crippen molar-refractivity contribution in [3.63, 3.8) is 0 Å². The van der Waals surface area contributed by atoms with E-state index in [9.17, 15) is 5.11 Å². The molecular weight excluding hydrogens is 256 g/mol. The van der Waals surface area contributed by atoms with E-state index in [0.717, 1.165) is 36.3 Å². The molecule has 112 valence electrons. The highest BCUT2D eigenvalue weighted by Gasteiger charge is 2.16. The predicted octanol–water partition coefficient (Wildman–Crippen LogP) is 2.83. The monoisotopic (exact) mass is 280 g/mol. The Morgan fingerprint density at radius 2 is 2.30 bits per heavy atom. The fourth-order valence-electron chi connectivity index (χ4n) is 2.34. The maximum atomic E-state index is 9.67. The lowest BCUT2D eigenvalue weighted by atomic mass is 10.1. The molecule has 0 aromatic heterocycles. The molecule has 1 aromatic rings. The Morgan fingerprint density at radius 3 is 2.95 bits per heavy atom. The Bertz CT molecular complexity index is 411. The minimum absolute atomic E-state index is 0.227. The molecule has 0 saturated carbocycles. The van der Waals surface area contributed by atoms with Crippen molar-refractivity contribution in [3.05, 3.63) is 29.3 Å². The number of rotatable bonds is 7. The Labute approximate surface area is 120 Å². The van der Waals surface area contributed by atoms with E-state index in [2.05, 4.69) is 0 Å². The first-order valence-electron chi connectivity index (χ1n) is 7.33. The second kappa shape index (κ2) is 7.62. The van der Waals surface area contributed by atoms with E-state index in [4.69, 9.17) is 14.2 Å². The zero-order chi connectivity index (χ0) is 14.4. The van der Waals surface area contributed by atoms with E-state index in [0.29, 0.717) is 19.8 Å². The van der Waals surface area contributed by atoms with Gasteiger partial charge in [-0.25, -0.2) is 0 Å². The van der Waals surface area contributed by atoms with Gasteiger partial charge in [0.2, 0.25) is 0 Å². The minimum atomic E-state index is -0.484. The van der Waals surface area contributed by atoms with Crippen LogP contribution in [0.5, 0.6) is 5.75 Å². The highest BCUT2D eigenvalue weighted by atomic mass is 16.5. The van der Waals surface area contributed by atoms with Crippen molar-refractivity contribution in [2.45, 2.75) is 45.5 Å². The summed E-state index contributed by atoms with van der Waals surface area (Å²) >= 11 is 0. The smallest absolute Gasteiger partial charge is 0.124 e. The van der Waals surface area contributed by atoms with Gasteiger partial charge >= 0.3 is 0 Å². The number of aliphatic hydroxyl groups is 1. The molecule has 0 spiro atoms. The molecule has 1 aromatic carbocycles. The molecule has 1 N–H and O–H groups in total. The largest absolute Gasteiger partial charge is 0.494 e. The fraction of sp³-hybridized carbons (Fsp3) is 0.625. The van der Waals surface area contributed by atoms with Crippen molar-refractivity contribution in [3.8, 4) is 5.75 Å². The zero-order valence-corrected chi connectivity index (χ0v) is 12.3. The van der Waals surface area contributed by atoms with E-state index in [1.54, 1.807) is 6.92 Å². The van der Waals surface area contributed by atoms with Crippen LogP contribution < -0.4 is 4.74 Å². The summed E-state index contributed by atoms with van der Waals surface area (Å²) in [5.74, 6) is 0.823. The Hall–Kier alpha value is -1.10. The zero-order valence-electron chi connectivity index (χ0n) is 12.3. The normalized spacial score (nSPS) is 20.1. The molecule has 4 heteroatoms. The number of hydrogen-bond donors (Lipinski definition) is 1. The summed E-state index contributed by atoms with van der Waals surface area (Å²) in [5, 5.41) is 9.67. The summed E-state index contributed by atoms with van der Waals surface area (Å²) in [6.07, 6.45) is 1.94. The first-order valence-corrected chi connectivity index (χ1v) is 7.33. The van der Waals surface area contributed by atoms with Crippen LogP contribution in [0.4, 0.5) is 0 Å². The standard InChI is InChI=1S/C16H24O4/c1-3-19-16-7-6-13(12(2)17)9-14(16)10-18-11-15-5-4-8-20-15/h6-7,9,12,15,17H,3-5,8,10-11H2,1-2H3.